The minimum atomic E-state index is -1.20. The number of amides is 4. The maximum Gasteiger partial charge on any atom is 0.328 e. The average Bonchev–Trinajstić information content (AvgIpc) is 3.31. The Hall–Kier alpha value is -5.53. The molecule has 0 saturated carbocycles. The summed E-state index contributed by atoms with van der Waals surface area (Å²) in [7, 11) is 8.02. The van der Waals surface area contributed by atoms with Crippen molar-refractivity contribution in [1.29, 1.82) is 0 Å². The number of nitrogens with zero attached hydrogens (tertiary/aromatic N) is 2. The van der Waals surface area contributed by atoms with Gasteiger partial charge in [0, 0.05) is 84.2 Å². The summed E-state index contributed by atoms with van der Waals surface area (Å²) < 4.78 is 4.76. The molecule has 6 atom stereocenters. The van der Waals surface area contributed by atoms with E-state index in [4.69, 9.17) is 4.74 Å². The van der Waals surface area contributed by atoms with Gasteiger partial charge in [0.25, 0.3) is 0 Å². The van der Waals surface area contributed by atoms with Crippen molar-refractivity contribution < 1.29 is 48.2 Å². The van der Waals surface area contributed by atoms with E-state index in [0.29, 0.717) is 57.1 Å². The molecule has 9 N–H and O–H groups in total. The number of aliphatic imine (C=N–C) groups is 2. The Kier molecular flexibility index (Phi) is 36.7. The predicted octanol–water partition coefficient (Wildman–Crippen LogP) is 3.39. The van der Waals surface area contributed by atoms with Crippen molar-refractivity contribution in [2.24, 2.45) is 33.7 Å². The van der Waals surface area contributed by atoms with Gasteiger partial charge in [-0.2, -0.15) is 0 Å². The predicted molar refractivity (Wildman–Crippen MR) is 274 cm³/mol. The van der Waals surface area contributed by atoms with Crippen LogP contribution >= 0.6 is 11.6 Å². The fourth-order valence-corrected chi connectivity index (χ4v) is 6.49. The Morgan fingerprint density at radius 1 is 0.652 bits per heavy atom. The molecular weight excluding hydrogens is 912 g/mol. The van der Waals surface area contributed by atoms with Gasteiger partial charge in [0.05, 0.1) is 18.2 Å². The van der Waals surface area contributed by atoms with Gasteiger partial charge in [-0.05, 0) is 65.2 Å². The van der Waals surface area contributed by atoms with Crippen molar-refractivity contribution >= 4 is 70.7 Å². The van der Waals surface area contributed by atoms with Gasteiger partial charge in [-0.25, -0.2) is 9.59 Å². The van der Waals surface area contributed by atoms with Gasteiger partial charge >= 0.3 is 11.9 Å². The third-order valence-corrected chi connectivity index (χ3v) is 11.0. The molecule has 0 aliphatic rings. The minimum absolute atomic E-state index is 0.0904. The number of carbonyl (C=O) groups is 8. The van der Waals surface area contributed by atoms with Gasteiger partial charge in [-0.1, -0.05) is 53.7 Å². The van der Waals surface area contributed by atoms with Crippen LogP contribution in [-0.2, 0) is 43.1 Å². The molecule has 0 aromatic carbocycles. The zero-order valence-electron chi connectivity index (χ0n) is 43.9. The molecule has 0 aliphatic heterocycles. The van der Waals surface area contributed by atoms with Gasteiger partial charge in [-0.3, -0.25) is 38.8 Å². The van der Waals surface area contributed by atoms with E-state index >= 15 is 0 Å². The number of hydrogen-bond acceptors (Lipinski definition) is 11. The second-order valence-electron chi connectivity index (χ2n) is 17.2. The first-order valence-corrected chi connectivity index (χ1v) is 24.2. The van der Waals surface area contributed by atoms with Gasteiger partial charge in [0.15, 0.2) is 23.5 Å². The van der Waals surface area contributed by atoms with Crippen LogP contribution in [0.3, 0.4) is 0 Å². The molecule has 0 radical (unpaired) electrons. The van der Waals surface area contributed by atoms with E-state index in [0.717, 1.165) is 0 Å². The van der Waals surface area contributed by atoms with Crippen LogP contribution in [0.15, 0.2) is 35.3 Å². The van der Waals surface area contributed by atoms with E-state index in [1.807, 2.05) is 0 Å². The summed E-state index contributed by atoms with van der Waals surface area (Å²) in [6.45, 7) is 22.1. The highest BCUT2D eigenvalue weighted by molar-refractivity contribution is 6.15. The summed E-state index contributed by atoms with van der Waals surface area (Å²) in [5, 5.41) is 32.1. The van der Waals surface area contributed by atoms with Crippen molar-refractivity contribution in [1.82, 2.24) is 42.5 Å². The van der Waals surface area contributed by atoms with Gasteiger partial charge < -0.3 is 52.4 Å². The maximum atomic E-state index is 13.3. The van der Waals surface area contributed by atoms with Crippen molar-refractivity contribution in [3.8, 4) is 0 Å². The number of rotatable bonds is 30. The second kappa shape index (κ2) is 37.4. The van der Waals surface area contributed by atoms with E-state index in [-0.39, 0.29) is 67.3 Å². The largest absolute Gasteiger partial charge is 0.480 e. The number of hydrogen-bond donors (Lipinski definition) is 9. The van der Waals surface area contributed by atoms with Crippen LogP contribution in [0.25, 0.3) is 0 Å². The molecule has 0 aromatic rings. The Labute approximate surface area is 416 Å². The highest BCUT2D eigenvalue weighted by atomic mass is 35.5. The normalized spacial score (nSPS) is 14.6. The number of methoxy groups -OCH3 is 1. The molecule has 21 heteroatoms. The third-order valence-electron chi connectivity index (χ3n) is 11.0. The third kappa shape index (κ3) is 26.7. The molecule has 0 rings (SSSR count). The summed E-state index contributed by atoms with van der Waals surface area (Å²) in [5.74, 6) is -4.50. The van der Waals surface area contributed by atoms with Crippen LogP contribution in [0, 0.1) is 23.7 Å². The lowest BCUT2D eigenvalue weighted by molar-refractivity contribution is -0.146. The van der Waals surface area contributed by atoms with E-state index in [1.165, 1.54) is 13.5 Å². The van der Waals surface area contributed by atoms with Crippen LogP contribution in [-0.4, -0.2) is 142 Å². The molecule has 0 fully saturated rings. The molecule has 0 aromatic heterocycles. The molecular formula is C48H87ClN10O10. The number of aliphatic carboxylic acids is 1. The zero-order valence-corrected chi connectivity index (χ0v) is 44.7. The van der Waals surface area contributed by atoms with Crippen LogP contribution in [0.1, 0.15) is 120 Å². The number of carbonyl (C=O) groups excluding carboxylic acids is 7. The van der Waals surface area contributed by atoms with Crippen LogP contribution < -0.4 is 42.5 Å². The number of halogens is 1. The number of alkyl halides is 1. The lowest BCUT2D eigenvalue weighted by Crippen LogP contribution is -2.54. The summed E-state index contributed by atoms with van der Waals surface area (Å²) >= 11 is 4.64. The molecule has 0 heterocycles. The number of ketones is 2. The molecule has 0 saturated heterocycles. The highest BCUT2D eigenvalue weighted by Crippen LogP contribution is 2.23. The van der Waals surface area contributed by atoms with E-state index < -0.39 is 58.8 Å². The van der Waals surface area contributed by atoms with E-state index in [9.17, 15) is 43.5 Å². The van der Waals surface area contributed by atoms with Crippen molar-refractivity contribution in [2.45, 2.75) is 143 Å². The molecule has 0 unspecified atom stereocenters. The molecule has 0 spiro atoms. The number of ether oxygens (including phenoxy) is 1. The van der Waals surface area contributed by atoms with Crippen molar-refractivity contribution in [3.05, 3.63) is 25.3 Å². The molecule has 396 valence electrons. The minimum Gasteiger partial charge on any atom is -0.480 e. The Morgan fingerprint density at radius 2 is 1.00 bits per heavy atom. The van der Waals surface area contributed by atoms with Crippen LogP contribution in [0.4, 0.5) is 0 Å². The highest BCUT2D eigenvalue weighted by Gasteiger charge is 2.39. The molecule has 4 amide bonds. The average molecular weight is 1000 g/mol. The first kappa shape index (κ1) is 67.7. The summed E-state index contributed by atoms with van der Waals surface area (Å²) in [5.41, 5.74) is -2.38. The van der Waals surface area contributed by atoms with Gasteiger partial charge in [0.2, 0.25) is 23.6 Å². The van der Waals surface area contributed by atoms with E-state index in [1.54, 1.807) is 95.7 Å². The molecule has 20 nitrogen and oxygen atoms in total. The van der Waals surface area contributed by atoms with Crippen molar-refractivity contribution in [2.75, 3.05) is 54.8 Å². The van der Waals surface area contributed by atoms with Crippen LogP contribution in [0.5, 0.6) is 0 Å². The van der Waals surface area contributed by atoms with Gasteiger partial charge in [-0.15, -0.1) is 24.8 Å². The van der Waals surface area contributed by atoms with Gasteiger partial charge in [0.1, 0.15) is 12.1 Å². The Morgan fingerprint density at radius 3 is 1.26 bits per heavy atom. The fraction of sp³-hybridized carbons (Fsp3) is 0.708. The Bertz CT molecular complexity index is 1710. The number of nitrogens with one attached hydrogen (secondary N) is 8. The first-order valence-electron chi connectivity index (χ1n) is 23.4. The quantitative estimate of drug-likeness (QED) is 0.0125. The summed E-state index contributed by atoms with van der Waals surface area (Å²) in [6, 6.07) is -1.83. The number of guanidine groups is 2. The summed E-state index contributed by atoms with van der Waals surface area (Å²) in [4.78, 5) is 109. The Balaban J connectivity index is -0.00000122. The van der Waals surface area contributed by atoms with E-state index in [2.05, 4.69) is 77.3 Å². The van der Waals surface area contributed by atoms with Crippen LogP contribution in [0.2, 0.25) is 0 Å². The maximum absolute atomic E-state index is 13.3. The smallest absolute Gasteiger partial charge is 0.328 e. The standard InChI is InChI=1S/C24H43N5O5.C23H41N5O5.CH3Cl/c1-9-13-24(5,29-20(31)16(3)4)19(30)15-17(12-11-14-27-23(25-6)26-7)21(32)28-18(10-2)22(33)34-8;1-8-12-23(5,28-19(30)15(3)4)18(29)14-16(11-10-13-26-22(24-6)25-7)20(31)27-17(9-2)21(32)33;1-2/h9,16-18H,1,10-15H2,2-8H3,(H,28,32)(H,29,31)(H2,25,26,27);8,15-17H,1,9-14H2,2-7H3,(H,27,31)(H,28,30)(H,32,33)(H2,24,25,26);1H3/t17-,18+,24-;16-,17+,23-;/m11./s1. The molecule has 0 aliphatic carbocycles. The SMILES string of the molecule is C=CC[C@@](C)(NC(=O)C(C)C)C(=O)C[C@@H](CCCNC(=NC)NC)C(=O)N[C@@H](CC)C(=O)O.C=CC[C@@](C)(NC(=O)C(C)C)C(=O)C[C@@H](CCCNC(=NC)NC)C(=O)N[C@@H](CC)C(=O)OC.CCl. The monoisotopic (exact) mass is 999 g/mol. The lowest BCUT2D eigenvalue weighted by atomic mass is 9.84. The number of Topliss-reactive ketones (excluding diaryl/α,β-unsaturated/α-hetero) is 2. The number of carboxylic acids is 1. The molecule has 0 bridgehead atoms. The number of esters is 1. The van der Waals surface area contributed by atoms with Crippen molar-refractivity contribution in [3.63, 3.8) is 0 Å². The number of carboxylic acid groups (broad SMARTS) is 1. The summed E-state index contributed by atoms with van der Waals surface area (Å²) in [6.07, 6.45) is 7.28. The first-order chi connectivity index (χ1) is 32.4. The topological polar surface area (TPSA) is 287 Å². The zero-order chi connectivity index (χ0) is 53.9. The fourth-order valence-electron chi connectivity index (χ4n) is 6.49. The second-order valence-corrected chi connectivity index (χ2v) is 17.2. The lowest BCUT2D eigenvalue weighted by Gasteiger charge is -2.31. The molecule has 69 heavy (non-hydrogen) atoms.